The average Bonchev–Trinajstić information content (AvgIpc) is 3.59. The Morgan fingerprint density at radius 2 is 1.72 bits per heavy atom. The van der Waals surface area contributed by atoms with Crippen molar-refractivity contribution in [3.63, 3.8) is 0 Å². The summed E-state index contributed by atoms with van der Waals surface area (Å²) in [6, 6.07) is 23.6. The lowest BCUT2D eigenvalue weighted by atomic mass is 10.1. The molecule has 0 saturated carbocycles. The van der Waals surface area contributed by atoms with Gasteiger partial charge in [-0.1, -0.05) is 54.7 Å². The van der Waals surface area contributed by atoms with Crippen molar-refractivity contribution in [1.82, 2.24) is 14.6 Å². The van der Waals surface area contributed by atoms with E-state index in [0.29, 0.717) is 34.3 Å². The smallest absolute Gasteiger partial charge is 0.291 e. The SMILES string of the molecule is CCCOc1ccc(-c2nc3s/c(=C4\C(=O)N(CC(=O)Nc5ccccc5)c5ccccc54)c(=O)n3n2)cc1. The van der Waals surface area contributed by atoms with Gasteiger partial charge < -0.3 is 10.1 Å². The molecule has 0 unspecified atom stereocenters. The van der Waals surface area contributed by atoms with Crippen LogP contribution in [0, 0.1) is 0 Å². The highest BCUT2D eigenvalue weighted by Crippen LogP contribution is 2.35. The van der Waals surface area contributed by atoms with Crippen LogP contribution in [0.1, 0.15) is 18.9 Å². The summed E-state index contributed by atoms with van der Waals surface area (Å²) in [5.74, 6) is 0.412. The molecule has 10 heteroatoms. The highest BCUT2D eigenvalue weighted by Gasteiger charge is 2.35. The molecule has 3 aromatic carbocycles. The average molecular weight is 538 g/mol. The van der Waals surface area contributed by atoms with E-state index < -0.39 is 11.5 Å². The zero-order valence-corrected chi connectivity index (χ0v) is 21.8. The number of fused-ring (bicyclic) bond motifs is 2. The molecule has 0 fully saturated rings. The Morgan fingerprint density at radius 3 is 2.46 bits per heavy atom. The van der Waals surface area contributed by atoms with Crippen LogP contribution in [0.25, 0.3) is 21.9 Å². The quantitative estimate of drug-likeness (QED) is 0.341. The number of carbonyl (C=O) groups excluding carboxylic acids is 2. The van der Waals surface area contributed by atoms with Crippen LogP contribution in [0.3, 0.4) is 0 Å². The first-order valence-electron chi connectivity index (χ1n) is 12.5. The molecule has 9 nitrogen and oxygen atoms in total. The molecular weight excluding hydrogens is 514 g/mol. The summed E-state index contributed by atoms with van der Waals surface area (Å²) in [6.45, 7) is 2.49. The second-order valence-electron chi connectivity index (χ2n) is 8.94. The first-order valence-corrected chi connectivity index (χ1v) is 13.3. The molecule has 0 bridgehead atoms. The van der Waals surface area contributed by atoms with Crippen LogP contribution in [0.15, 0.2) is 83.7 Å². The summed E-state index contributed by atoms with van der Waals surface area (Å²) >= 11 is 1.11. The van der Waals surface area contributed by atoms with Crippen LogP contribution >= 0.6 is 11.3 Å². The lowest BCUT2D eigenvalue weighted by Crippen LogP contribution is -2.37. The Morgan fingerprint density at radius 1 is 0.974 bits per heavy atom. The van der Waals surface area contributed by atoms with Gasteiger partial charge in [0, 0.05) is 16.8 Å². The molecule has 2 amide bonds. The Labute approximate surface area is 227 Å². The summed E-state index contributed by atoms with van der Waals surface area (Å²) in [4.78, 5) is 46.2. The Hall–Kier alpha value is -4.83. The lowest BCUT2D eigenvalue weighted by molar-refractivity contribution is -0.118. The topological polar surface area (TPSA) is 106 Å². The van der Waals surface area contributed by atoms with Gasteiger partial charge in [0.1, 0.15) is 16.8 Å². The second kappa shape index (κ2) is 10.1. The number of carbonyl (C=O) groups is 2. The number of nitrogens with zero attached hydrogens (tertiary/aromatic N) is 4. The minimum atomic E-state index is -0.426. The molecule has 0 atom stereocenters. The number of amides is 2. The van der Waals surface area contributed by atoms with Crippen molar-refractivity contribution < 1.29 is 14.3 Å². The van der Waals surface area contributed by atoms with E-state index in [4.69, 9.17) is 4.74 Å². The van der Waals surface area contributed by atoms with Gasteiger partial charge in [-0.05, 0) is 48.9 Å². The summed E-state index contributed by atoms with van der Waals surface area (Å²) in [6.07, 6.45) is 0.917. The maximum absolute atomic E-state index is 13.6. The van der Waals surface area contributed by atoms with Gasteiger partial charge in [-0.2, -0.15) is 9.50 Å². The van der Waals surface area contributed by atoms with Gasteiger partial charge in [-0.3, -0.25) is 19.3 Å². The van der Waals surface area contributed by atoms with E-state index in [1.165, 1.54) is 9.42 Å². The van der Waals surface area contributed by atoms with Gasteiger partial charge in [0.2, 0.25) is 10.9 Å². The van der Waals surface area contributed by atoms with E-state index in [2.05, 4.69) is 15.4 Å². The molecule has 5 aromatic rings. The van der Waals surface area contributed by atoms with Crippen LogP contribution in [-0.2, 0) is 9.59 Å². The summed E-state index contributed by atoms with van der Waals surface area (Å²) in [5, 5.41) is 7.23. The van der Waals surface area contributed by atoms with Crippen molar-refractivity contribution in [2.75, 3.05) is 23.4 Å². The molecule has 194 valence electrons. The number of anilines is 2. The predicted octanol–water partition coefficient (Wildman–Crippen LogP) is 3.51. The zero-order chi connectivity index (χ0) is 26.9. The molecular formula is C29H23N5O4S. The van der Waals surface area contributed by atoms with Crippen LogP contribution in [-0.4, -0.2) is 39.6 Å². The number of hydrogen-bond acceptors (Lipinski definition) is 7. The number of rotatable bonds is 7. The largest absolute Gasteiger partial charge is 0.494 e. The molecule has 2 aromatic heterocycles. The number of nitrogens with one attached hydrogen (secondary N) is 1. The number of aromatic nitrogens is 3. The van der Waals surface area contributed by atoms with Gasteiger partial charge in [0.05, 0.1) is 17.9 Å². The number of ether oxygens (including phenoxy) is 1. The molecule has 6 rings (SSSR count). The standard InChI is InChI=1S/C29H23N5O4S/c1-2-16-38-20-14-12-18(13-15-20)26-31-29-34(32-26)28(37)25(39-29)24-21-10-6-7-11-22(21)33(27(24)36)17-23(35)30-19-8-4-3-5-9-19/h3-15H,2,16-17H2,1H3,(H,30,35)/b25-24-. The Kier molecular flexibility index (Phi) is 6.37. The number of thiazole rings is 1. The first-order chi connectivity index (χ1) is 19.0. The van der Waals surface area contributed by atoms with Gasteiger partial charge in [-0.25, -0.2) is 0 Å². The molecule has 1 aliphatic rings. The first kappa shape index (κ1) is 24.5. The van der Waals surface area contributed by atoms with Crippen molar-refractivity contribution in [2.45, 2.75) is 13.3 Å². The lowest BCUT2D eigenvalue weighted by Gasteiger charge is -2.16. The monoisotopic (exact) mass is 537 g/mol. The van der Waals surface area contributed by atoms with E-state index in [1.807, 2.05) is 49.4 Å². The summed E-state index contributed by atoms with van der Waals surface area (Å²) in [7, 11) is 0. The number of hydrogen-bond donors (Lipinski definition) is 1. The van der Waals surface area contributed by atoms with Crippen LogP contribution in [0.4, 0.5) is 11.4 Å². The van der Waals surface area contributed by atoms with Crippen molar-refractivity contribution in [3.05, 3.63) is 99.3 Å². The third-order valence-electron chi connectivity index (χ3n) is 6.25. The highest BCUT2D eigenvalue weighted by atomic mass is 32.1. The van der Waals surface area contributed by atoms with E-state index >= 15 is 0 Å². The minimum absolute atomic E-state index is 0.189. The van der Waals surface area contributed by atoms with Crippen molar-refractivity contribution >= 4 is 45.1 Å². The fourth-order valence-corrected chi connectivity index (χ4v) is 5.45. The van der Waals surface area contributed by atoms with E-state index in [0.717, 1.165) is 29.1 Å². The molecule has 1 N–H and O–H groups in total. The van der Waals surface area contributed by atoms with Crippen molar-refractivity contribution in [1.29, 1.82) is 0 Å². The number of para-hydroxylation sites is 2. The molecule has 3 heterocycles. The molecule has 0 saturated heterocycles. The van der Waals surface area contributed by atoms with Crippen LogP contribution < -0.4 is 25.0 Å². The van der Waals surface area contributed by atoms with Crippen molar-refractivity contribution in [2.24, 2.45) is 0 Å². The highest BCUT2D eigenvalue weighted by molar-refractivity contribution is 7.15. The Balaban J connectivity index is 1.34. The maximum Gasteiger partial charge on any atom is 0.291 e. The second-order valence-corrected chi connectivity index (χ2v) is 9.91. The summed E-state index contributed by atoms with van der Waals surface area (Å²) < 4.78 is 7.09. The molecule has 0 radical (unpaired) electrons. The van der Waals surface area contributed by atoms with E-state index in [9.17, 15) is 14.4 Å². The van der Waals surface area contributed by atoms with Gasteiger partial charge in [0.15, 0.2) is 5.82 Å². The van der Waals surface area contributed by atoms with Gasteiger partial charge in [-0.15, -0.1) is 5.10 Å². The number of benzene rings is 3. The molecule has 1 aliphatic heterocycles. The van der Waals surface area contributed by atoms with Crippen molar-refractivity contribution in [3.8, 4) is 17.1 Å². The van der Waals surface area contributed by atoms with Gasteiger partial charge in [0.25, 0.3) is 11.5 Å². The fourth-order valence-electron chi connectivity index (χ4n) is 4.45. The Bertz CT molecular complexity index is 1810. The minimum Gasteiger partial charge on any atom is -0.494 e. The third-order valence-corrected chi connectivity index (χ3v) is 7.28. The predicted molar refractivity (Wildman–Crippen MR) is 150 cm³/mol. The maximum atomic E-state index is 13.6. The van der Waals surface area contributed by atoms with E-state index in [-0.39, 0.29) is 22.6 Å². The third kappa shape index (κ3) is 4.55. The summed E-state index contributed by atoms with van der Waals surface area (Å²) in [5.41, 5.74) is 2.38. The van der Waals surface area contributed by atoms with Gasteiger partial charge >= 0.3 is 0 Å². The molecule has 39 heavy (non-hydrogen) atoms. The normalized spacial score (nSPS) is 14.1. The zero-order valence-electron chi connectivity index (χ0n) is 21.0. The van der Waals surface area contributed by atoms with Crippen LogP contribution in [0.2, 0.25) is 0 Å². The molecule has 0 aliphatic carbocycles. The molecule has 0 spiro atoms. The fraction of sp³-hybridized carbons (Fsp3) is 0.138. The van der Waals surface area contributed by atoms with Crippen LogP contribution in [0.5, 0.6) is 5.75 Å². The van der Waals surface area contributed by atoms with E-state index in [1.54, 1.807) is 36.4 Å².